The first-order valence-electron chi connectivity index (χ1n) is 10.1. The molecule has 10 nitrogen and oxygen atoms in total. The Balaban J connectivity index is 1.55. The Labute approximate surface area is 188 Å². The Bertz CT molecular complexity index is 999. The quantitative estimate of drug-likeness (QED) is 0.585. The number of rotatable bonds is 9. The van der Waals surface area contributed by atoms with Gasteiger partial charge in [0.15, 0.2) is 11.5 Å². The van der Waals surface area contributed by atoms with Gasteiger partial charge in [0.1, 0.15) is 5.82 Å². The molecule has 2 aromatic rings. The van der Waals surface area contributed by atoms with Gasteiger partial charge in [-0.3, -0.25) is 4.79 Å². The lowest BCUT2D eigenvalue weighted by Crippen LogP contribution is -2.50. The summed E-state index contributed by atoms with van der Waals surface area (Å²) in [4.78, 5) is 18.9. The molecule has 1 aromatic carbocycles. The highest BCUT2D eigenvalue weighted by atomic mass is 32.2. The summed E-state index contributed by atoms with van der Waals surface area (Å²) in [7, 11) is 0.887. The van der Waals surface area contributed by atoms with Gasteiger partial charge in [0.25, 0.3) is 5.91 Å². The van der Waals surface area contributed by atoms with E-state index in [0.717, 1.165) is 5.82 Å². The van der Waals surface area contributed by atoms with E-state index >= 15 is 0 Å². The van der Waals surface area contributed by atoms with Crippen LogP contribution in [0.2, 0.25) is 0 Å². The van der Waals surface area contributed by atoms with Gasteiger partial charge >= 0.3 is 0 Å². The molecule has 0 atom stereocenters. The minimum absolute atomic E-state index is 0.0156. The highest BCUT2D eigenvalue weighted by Crippen LogP contribution is 2.38. The number of hydrogen-bond donors (Lipinski definition) is 1. The average Bonchev–Trinajstić information content (AvgIpc) is 2.83. The van der Waals surface area contributed by atoms with Crippen LogP contribution in [0.1, 0.15) is 10.4 Å². The summed E-state index contributed by atoms with van der Waals surface area (Å²) in [6, 6.07) is 8.69. The van der Waals surface area contributed by atoms with E-state index < -0.39 is 15.9 Å². The third kappa shape index (κ3) is 5.40. The van der Waals surface area contributed by atoms with E-state index in [0.29, 0.717) is 43.4 Å². The number of aromatic nitrogens is 1. The normalized spacial score (nSPS) is 14.7. The predicted molar refractivity (Wildman–Crippen MR) is 120 cm³/mol. The van der Waals surface area contributed by atoms with Gasteiger partial charge in [0.05, 0.1) is 27.1 Å². The Kier molecular flexibility index (Phi) is 7.75. The maximum absolute atomic E-state index is 12.7. The zero-order valence-electron chi connectivity index (χ0n) is 18.4. The minimum atomic E-state index is -3.50. The molecule has 0 radical (unpaired) electrons. The molecule has 174 valence electrons. The number of ether oxygens (including phenoxy) is 3. The molecule has 0 spiro atoms. The maximum Gasteiger partial charge on any atom is 0.251 e. The Morgan fingerprint density at radius 2 is 1.69 bits per heavy atom. The fraction of sp³-hybridized carbons (Fsp3) is 0.429. The summed E-state index contributed by atoms with van der Waals surface area (Å²) in [5.74, 6) is 1.28. The zero-order chi connectivity index (χ0) is 23.1. The molecule has 1 aromatic heterocycles. The van der Waals surface area contributed by atoms with Gasteiger partial charge < -0.3 is 24.4 Å². The first-order valence-corrected chi connectivity index (χ1v) is 11.7. The SMILES string of the molecule is COc1cc(C(=O)NCCS(=O)(=O)N2CCN(c3ccccn3)CC2)cc(OC)c1OC. The molecular formula is C21H28N4O6S. The molecule has 1 aliphatic heterocycles. The molecule has 1 fully saturated rings. The molecule has 0 saturated carbocycles. The van der Waals surface area contributed by atoms with Gasteiger partial charge in [-0.2, -0.15) is 4.31 Å². The van der Waals surface area contributed by atoms with Crippen LogP contribution in [0.4, 0.5) is 5.82 Å². The highest BCUT2D eigenvalue weighted by Gasteiger charge is 2.27. The molecule has 0 aliphatic carbocycles. The van der Waals surface area contributed by atoms with Crippen molar-refractivity contribution in [3.8, 4) is 17.2 Å². The first-order chi connectivity index (χ1) is 15.4. The van der Waals surface area contributed by atoms with E-state index in [9.17, 15) is 13.2 Å². The molecule has 1 saturated heterocycles. The molecule has 11 heteroatoms. The van der Waals surface area contributed by atoms with E-state index in [1.165, 1.54) is 37.8 Å². The van der Waals surface area contributed by atoms with Crippen molar-refractivity contribution in [3.63, 3.8) is 0 Å². The van der Waals surface area contributed by atoms with Crippen molar-refractivity contribution in [2.75, 3.05) is 64.7 Å². The lowest BCUT2D eigenvalue weighted by Gasteiger charge is -2.34. The number of pyridine rings is 1. The van der Waals surface area contributed by atoms with E-state index in [2.05, 4.69) is 15.2 Å². The third-order valence-corrected chi connectivity index (χ3v) is 7.05. The Morgan fingerprint density at radius 1 is 1.03 bits per heavy atom. The second kappa shape index (κ2) is 10.5. The molecule has 1 N–H and O–H groups in total. The predicted octanol–water partition coefficient (Wildman–Crippen LogP) is 0.989. The molecule has 32 heavy (non-hydrogen) atoms. The molecule has 0 bridgehead atoms. The van der Waals surface area contributed by atoms with Crippen LogP contribution >= 0.6 is 0 Å². The Morgan fingerprint density at radius 3 is 2.22 bits per heavy atom. The van der Waals surface area contributed by atoms with Crippen LogP contribution in [-0.2, 0) is 10.0 Å². The van der Waals surface area contributed by atoms with Crippen molar-refractivity contribution in [1.29, 1.82) is 0 Å². The zero-order valence-corrected chi connectivity index (χ0v) is 19.2. The number of benzene rings is 1. The highest BCUT2D eigenvalue weighted by molar-refractivity contribution is 7.89. The third-order valence-electron chi connectivity index (χ3n) is 5.18. The van der Waals surface area contributed by atoms with Gasteiger partial charge in [-0.05, 0) is 24.3 Å². The Hall–Kier alpha value is -3.05. The van der Waals surface area contributed by atoms with Crippen LogP contribution < -0.4 is 24.4 Å². The maximum atomic E-state index is 12.7. The molecule has 3 rings (SSSR count). The van der Waals surface area contributed by atoms with Crippen LogP contribution in [-0.4, -0.2) is 83.4 Å². The largest absolute Gasteiger partial charge is 0.493 e. The lowest BCUT2D eigenvalue weighted by atomic mass is 10.1. The number of amides is 1. The first kappa shape index (κ1) is 23.6. The van der Waals surface area contributed by atoms with Crippen LogP contribution in [0.15, 0.2) is 36.5 Å². The van der Waals surface area contributed by atoms with E-state index in [1.807, 2.05) is 18.2 Å². The number of methoxy groups -OCH3 is 3. The van der Waals surface area contributed by atoms with Crippen LogP contribution in [0, 0.1) is 0 Å². The number of sulfonamides is 1. The summed E-state index contributed by atoms with van der Waals surface area (Å²) in [5, 5.41) is 2.65. The van der Waals surface area contributed by atoms with Gasteiger partial charge in [-0.1, -0.05) is 6.07 Å². The standard InChI is InChI=1S/C21H28N4O6S/c1-29-17-14-16(15-18(30-2)20(17)31-3)21(26)23-8-13-32(27,28)25-11-9-24(10-12-25)19-6-4-5-7-22-19/h4-7,14-15H,8-13H2,1-3H3,(H,23,26). The smallest absolute Gasteiger partial charge is 0.251 e. The molecular weight excluding hydrogens is 436 g/mol. The number of nitrogens with one attached hydrogen (secondary N) is 1. The van der Waals surface area contributed by atoms with Gasteiger partial charge in [0.2, 0.25) is 15.8 Å². The van der Waals surface area contributed by atoms with E-state index in [4.69, 9.17) is 14.2 Å². The van der Waals surface area contributed by atoms with Crippen molar-refractivity contribution in [1.82, 2.24) is 14.6 Å². The summed E-state index contributed by atoms with van der Waals surface area (Å²) in [6.45, 7) is 1.86. The monoisotopic (exact) mass is 464 g/mol. The van der Waals surface area contributed by atoms with Crippen molar-refractivity contribution >= 4 is 21.7 Å². The molecule has 1 amide bonds. The van der Waals surface area contributed by atoms with E-state index in [1.54, 1.807) is 6.20 Å². The fourth-order valence-corrected chi connectivity index (χ4v) is 4.81. The molecule has 2 heterocycles. The van der Waals surface area contributed by atoms with Crippen LogP contribution in [0.25, 0.3) is 0 Å². The van der Waals surface area contributed by atoms with Gasteiger partial charge in [-0.15, -0.1) is 0 Å². The number of piperazine rings is 1. The number of carbonyl (C=O) groups excluding carboxylic acids is 1. The lowest BCUT2D eigenvalue weighted by molar-refractivity contribution is 0.0955. The summed E-state index contributed by atoms with van der Waals surface area (Å²) >= 11 is 0. The number of hydrogen-bond acceptors (Lipinski definition) is 8. The van der Waals surface area contributed by atoms with Crippen molar-refractivity contribution in [3.05, 3.63) is 42.1 Å². The fourth-order valence-electron chi connectivity index (χ4n) is 3.47. The van der Waals surface area contributed by atoms with Crippen molar-refractivity contribution < 1.29 is 27.4 Å². The van der Waals surface area contributed by atoms with Crippen LogP contribution in [0.3, 0.4) is 0 Å². The molecule has 0 unspecified atom stereocenters. The number of nitrogens with zero attached hydrogens (tertiary/aromatic N) is 3. The second-order valence-corrected chi connectivity index (χ2v) is 9.15. The van der Waals surface area contributed by atoms with Crippen molar-refractivity contribution in [2.45, 2.75) is 0 Å². The second-order valence-electron chi connectivity index (χ2n) is 7.06. The molecule has 1 aliphatic rings. The average molecular weight is 465 g/mol. The summed E-state index contributed by atoms with van der Waals surface area (Å²) in [5.41, 5.74) is 0.279. The number of anilines is 1. The number of carbonyl (C=O) groups is 1. The summed E-state index contributed by atoms with van der Waals surface area (Å²) in [6.07, 6.45) is 1.72. The van der Waals surface area contributed by atoms with Gasteiger partial charge in [-0.25, -0.2) is 13.4 Å². The van der Waals surface area contributed by atoms with Gasteiger partial charge in [0, 0.05) is 44.5 Å². The summed E-state index contributed by atoms with van der Waals surface area (Å²) < 4.78 is 42.6. The minimum Gasteiger partial charge on any atom is -0.493 e. The topological polar surface area (TPSA) is 110 Å². The van der Waals surface area contributed by atoms with Crippen LogP contribution in [0.5, 0.6) is 17.2 Å². The van der Waals surface area contributed by atoms with E-state index in [-0.39, 0.29) is 17.9 Å². The van der Waals surface area contributed by atoms with Crippen molar-refractivity contribution in [2.24, 2.45) is 0 Å².